The SMILES string of the molecule is Cc1cc(C)c(NC(=O)C2CCN(S(=O)(=O)c3cc([N+](=O)[O-])ccc3C)CC2)c(C)c1. The summed E-state index contributed by atoms with van der Waals surface area (Å²) in [5.41, 5.74) is 4.11. The number of benzene rings is 2. The van der Waals surface area contributed by atoms with E-state index in [1.807, 2.05) is 32.9 Å². The molecule has 0 aliphatic carbocycles. The molecule has 9 heteroatoms. The number of piperidine rings is 1. The number of carbonyl (C=O) groups is 1. The van der Waals surface area contributed by atoms with Gasteiger partial charge in [0.15, 0.2) is 0 Å². The molecule has 3 rings (SSSR count). The minimum Gasteiger partial charge on any atom is -0.325 e. The fourth-order valence-corrected chi connectivity index (χ4v) is 5.79. The molecule has 0 spiro atoms. The normalized spacial score (nSPS) is 15.6. The second-order valence-corrected chi connectivity index (χ2v) is 10.1. The van der Waals surface area contributed by atoms with Crippen molar-refractivity contribution in [1.29, 1.82) is 0 Å². The number of nitro groups is 1. The number of carbonyl (C=O) groups excluding carboxylic acids is 1. The van der Waals surface area contributed by atoms with E-state index in [-0.39, 0.29) is 35.5 Å². The number of anilines is 1. The van der Waals surface area contributed by atoms with Gasteiger partial charge in [-0.1, -0.05) is 23.8 Å². The zero-order valence-corrected chi connectivity index (χ0v) is 19.0. The Labute approximate surface area is 182 Å². The maximum atomic E-state index is 13.1. The first kappa shape index (κ1) is 22.9. The van der Waals surface area contributed by atoms with Gasteiger partial charge in [-0.05, 0) is 57.2 Å². The van der Waals surface area contributed by atoms with Crippen LogP contribution in [-0.4, -0.2) is 36.6 Å². The van der Waals surface area contributed by atoms with Crippen LogP contribution in [0.5, 0.6) is 0 Å². The zero-order chi connectivity index (χ0) is 22.9. The number of nitrogens with zero attached hydrogens (tertiary/aromatic N) is 2. The van der Waals surface area contributed by atoms with E-state index in [1.54, 1.807) is 6.92 Å². The van der Waals surface area contributed by atoms with Gasteiger partial charge in [0, 0.05) is 36.8 Å². The maximum Gasteiger partial charge on any atom is 0.270 e. The van der Waals surface area contributed by atoms with E-state index in [4.69, 9.17) is 0 Å². The van der Waals surface area contributed by atoms with E-state index >= 15 is 0 Å². The molecule has 1 N–H and O–H groups in total. The number of nitrogens with one attached hydrogen (secondary N) is 1. The first-order valence-corrected chi connectivity index (χ1v) is 11.6. The summed E-state index contributed by atoms with van der Waals surface area (Å²) in [5, 5.41) is 14.1. The lowest BCUT2D eigenvalue weighted by atomic mass is 9.96. The van der Waals surface area contributed by atoms with Crippen LogP contribution in [-0.2, 0) is 14.8 Å². The summed E-state index contributed by atoms with van der Waals surface area (Å²) in [5.74, 6) is -0.406. The molecule has 0 saturated carbocycles. The van der Waals surface area contributed by atoms with Gasteiger partial charge in [-0.15, -0.1) is 0 Å². The van der Waals surface area contributed by atoms with Gasteiger partial charge in [-0.2, -0.15) is 4.31 Å². The number of non-ortho nitro benzene ring substituents is 1. The lowest BCUT2D eigenvalue weighted by Crippen LogP contribution is -2.41. The molecule has 1 fully saturated rings. The summed E-state index contributed by atoms with van der Waals surface area (Å²) in [4.78, 5) is 23.2. The van der Waals surface area contributed by atoms with E-state index in [0.717, 1.165) is 28.4 Å². The molecule has 2 aromatic carbocycles. The van der Waals surface area contributed by atoms with Crippen LogP contribution in [0.25, 0.3) is 0 Å². The van der Waals surface area contributed by atoms with Crippen molar-refractivity contribution in [3.63, 3.8) is 0 Å². The van der Waals surface area contributed by atoms with E-state index in [1.165, 1.54) is 16.4 Å². The monoisotopic (exact) mass is 445 g/mol. The highest BCUT2D eigenvalue weighted by molar-refractivity contribution is 7.89. The summed E-state index contributed by atoms with van der Waals surface area (Å²) in [6.45, 7) is 7.90. The molecule has 31 heavy (non-hydrogen) atoms. The molecule has 0 bridgehead atoms. The van der Waals surface area contributed by atoms with Crippen molar-refractivity contribution in [3.05, 3.63) is 62.7 Å². The lowest BCUT2D eigenvalue weighted by Gasteiger charge is -2.31. The van der Waals surface area contributed by atoms with Crippen LogP contribution in [0.2, 0.25) is 0 Å². The molecule has 1 aliphatic heterocycles. The van der Waals surface area contributed by atoms with Crippen molar-refractivity contribution in [2.45, 2.75) is 45.4 Å². The maximum absolute atomic E-state index is 13.1. The summed E-state index contributed by atoms with van der Waals surface area (Å²) >= 11 is 0. The Balaban J connectivity index is 1.71. The summed E-state index contributed by atoms with van der Waals surface area (Å²) in [6.07, 6.45) is 0.784. The number of rotatable bonds is 5. The molecule has 1 saturated heterocycles. The van der Waals surface area contributed by atoms with Gasteiger partial charge in [0.25, 0.3) is 5.69 Å². The van der Waals surface area contributed by atoms with Gasteiger partial charge in [0.05, 0.1) is 9.82 Å². The highest BCUT2D eigenvalue weighted by Gasteiger charge is 2.33. The minimum atomic E-state index is -3.88. The van der Waals surface area contributed by atoms with E-state index in [2.05, 4.69) is 5.32 Å². The molecule has 1 heterocycles. The summed E-state index contributed by atoms with van der Waals surface area (Å²) in [6, 6.07) is 7.86. The van der Waals surface area contributed by atoms with Crippen LogP contribution < -0.4 is 5.32 Å². The van der Waals surface area contributed by atoms with Crippen molar-refractivity contribution in [3.8, 4) is 0 Å². The molecule has 0 aromatic heterocycles. The smallest absolute Gasteiger partial charge is 0.270 e. The number of amides is 1. The van der Waals surface area contributed by atoms with E-state index in [0.29, 0.717) is 18.4 Å². The van der Waals surface area contributed by atoms with Crippen molar-refractivity contribution in [2.24, 2.45) is 5.92 Å². The van der Waals surface area contributed by atoms with E-state index < -0.39 is 14.9 Å². The molecule has 0 atom stereocenters. The average Bonchev–Trinajstić information content (AvgIpc) is 2.70. The molecular formula is C22H27N3O5S. The first-order chi connectivity index (χ1) is 14.5. The van der Waals surface area contributed by atoms with Crippen molar-refractivity contribution >= 4 is 27.3 Å². The average molecular weight is 446 g/mol. The second kappa shape index (κ2) is 8.76. The summed E-state index contributed by atoms with van der Waals surface area (Å²) in [7, 11) is -3.88. The van der Waals surface area contributed by atoms with Gasteiger partial charge < -0.3 is 5.32 Å². The lowest BCUT2D eigenvalue weighted by molar-refractivity contribution is -0.385. The van der Waals surface area contributed by atoms with Gasteiger partial charge in [-0.3, -0.25) is 14.9 Å². The van der Waals surface area contributed by atoms with Crippen LogP contribution in [0.1, 0.15) is 35.1 Å². The zero-order valence-electron chi connectivity index (χ0n) is 18.1. The number of hydrogen-bond donors (Lipinski definition) is 1. The fraction of sp³-hybridized carbons (Fsp3) is 0.409. The highest BCUT2D eigenvalue weighted by atomic mass is 32.2. The Kier molecular flexibility index (Phi) is 6.47. The fourth-order valence-electron chi connectivity index (χ4n) is 4.08. The largest absolute Gasteiger partial charge is 0.325 e. The molecule has 0 radical (unpaired) electrons. The topological polar surface area (TPSA) is 110 Å². The standard InChI is InChI=1S/C22H27N3O5S/c1-14-11-16(3)21(17(4)12-14)23-22(26)18-7-9-24(10-8-18)31(29,30)20-13-19(25(27)28)6-5-15(20)2/h5-6,11-13,18H,7-10H2,1-4H3,(H,23,26). The van der Waals surface area contributed by atoms with Crippen molar-refractivity contribution < 1.29 is 18.1 Å². The van der Waals surface area contributed by atoms with E-state index in [9.17, 15) is 23.3 Å². The predicted molar refractivity (Wildman–Crippen MR) is 119 cm³/mol. The number of sulfonamides is 1. The van der Waals surface area contributed by atoms with Crippen LogP contribution in [0.3, 0.4) is 0 Å². The number of nitro benzene ring substituents is 1. The molecule has 1 amide bonds. The molecule has 166 valence electrons. The number of aryl methyl sites for hydroxylation is 4. The Morgan fingerprint density at radius 1 is 1.03 bits per heavy atom. The quantitative estimate of drug-likeness (QED) is 0.555. The Morgan fingerprint density at radius 2 is 1.61 bits per heavy atom. The van der Waals surface area contributed by atoms with Gasteiger partial charge in [-0.25, -0.2) is 8.42 Å². The molecular weight excluding hydrogens is 418 g/mol. The molecule has 8 nitrogen and oxygen atoms in total. The van der Waals surface area contributed by atoms with Gasteiger partial charge >= 0.3 is 0 Å². The third-order valence-electron chi connectivity index (χ3n) is 5.75. The first-order valence-electron chi connectivity index (χ1n) is 10.1. The number of hydrogen-bond acceptors (Lipinski definition) is 5. The minimum absolute atomic E-state index is 0.0597. The van der Waals surface area contributed by atoms with Crippen molar-refractivity contribution in [1.82, 2.24) is 4.31 Å². The Bertz CT molecular complexity index is 1110. The van der Waals surface area contributed by atoms with Gasteiger partial charge in [0.2, 0.25) is 15.9 Å². The van der Waals surface area contributed by atoms with Crippen molar-refractivity contribution in [2.75, 3.05) is 18.4 Å². The summed E-state index contributed by atoms with van der Waals surface area (Å²) < 4.78 is 27.5. The van der Waals surface area contributed by atoms with Crippen LogP contribution in [0.4, 0.5) is 11.4 Å². The van der Waals surface area contributed by atoms with Crippen LogP contribution >= 0.6 is 0 Å². The Hall–Kier alpha value is -2.78. The van der Waals surface area contributed by atoms with Gasteiger partial charge in [0.1, 0.15) is 0 Å². The molecule has 2 aromatic rings. The third kappa shape index (κ3) is 4.77. The second-order valence-electron chi connectivity index (χ2n) is 8.15. The van der Waals surface area contributed by atoms with Crippen LogP contribution in [0.15, 0.2) is 35.2 Å². The molecule has 0 unspecified atom stereocenters. The van der Waals surface area contributed by atoms with Crippen LogP contribution in [0, 0.1) is 43.7 Å². The highest BCUT2D eigenvalue weighted by Crippen LogP contribution is 2.29. The predicted octanol–water partition coefficient (Wildman–Crippen LogP) is 3.87. The Morgan fingerprint density at radius 3 is 2.16 bits per heavy atom. The third-order valence-corrected chi connectivity index (χ3v) is 7.79. The molecule has 1 aliphatic rings.